The first kappa shape index (κ1) is 22.7. The highest BCUT2D eigenvalue weighted by Crippen LogP contribution is 2.37. The van der Waals surface area contributed by atoms with Crippen molar-refractivity contribution in [2.45, 2.75) is 32.5 Å². The number of ether oxygens (including phenoxy) is 2. The largest absolute Gasteiger partial charge is 0.507 e. The zero-order valence-electron chi connectivity index (χ0n) is 16.6. The number of Topliss-reactive ketones (excluding diaryl/α,β-unsaturated/α-hetero) is 1. The van der Waals surface area contributed by atoms with E-state index in [9.17, 15) is 23.1 Å². The molecule has 1 aliphatic rings. The van der Waals surface area contributed by atoms with Crippen LogP contribution in [-0.2, 0) is 11.4 Å². The van der Waals surface area contributed by atoms with Gasteiger partial charge in [-0.1, -0.05) is 35.9 Å². The lowest BCUT2D eigenvalue weighted by atomic mass is 10.1. The maximum atomic E-state index is 12.7. The predicted octanol–water partition coefficient (Wildman–Crippen LogP) is 6.44. The van der Waals surface area contributed by atoms with Crippen molar-refractivity contribution in [1.82, 2.24) is 0 Å². The van der Waals surface area contributed by atoms with Crippen LogP contribution in [0.1, 0.15) is 30.9 Å². The van der Waals surface area contributed by atoms with E-state index in [0.717, 1.165) is 5.56 Å². The van der Waals surface area contributed by atoms with Crippen molar-refractivity contribution in [3.8, 4) is 11.5 Å². The molecule has 4 nitrogen and oxygen atoms in total. The van der Waals surface area contributed by atoms with Gasteiger partial charge in [0, 0.05) is 16.2 Å². The van der Waals surface area contributed by atoms with Crippen molar-refractivity contribution in [2.24, 2.45) is 0 Å². The molecule has 1 aliphatic carbocycles. The minimum Gasteiger partial charge on any atom is -0.507 e. The van der Waals surface area contributed by atoms with Crippen molar-refractivity contribution in [1.29, 1.82) is 0 Å². The summed E-state index contributed by atoms with van der Waals surface area (Å²) < 4.78 is 49.5. The van der Waals surface area contributed by atoms with Gasteiger partial charge in [0.2, 0.25) is 0 Å². The van der Waals surface area contributed by atoms with Crippen molar-refractivity contribution in [3.05, 3.63) is 75.5 Å². The van der Waals surface area contributed by atoms with Crippen LogP contribution in [0.15, 0.2) is 59.4 Å². The van der Waals surface area contributed by atoms with E-state index >= 15 is 0 Å². The molecule has 0 aromatic heterocycles. The molecule has 2 aromatic carbocycles. The lowest BCUT2D eigenvalue weighted by Gasteiger charge is -2.13. The molecular formula is C23H20ClF3O4. The highest BCUT2D eigenvalue weighted by molar-refractivity contribution is 6.31. The van der Waals surface area contributed by atoms with E-state index in [2.05, 4.69) is 0 Å². The van der Waals surface area contributed by atoms with E-state index in [1.165, 1.54) is 6.08 Å². The summed E-state index contributed by atoms with van der Waals surface area (Å²) in [5, 5.41) is 10.7. The Morgan fingerprint density at radius 3 is 2.55 bits per heavy atom. The number of hydrogen-bond donors (Lipinski definition) is 1. The van der Waals surface area contributed by atoms with Crippen LogP contribution in [0.4, 0.5) is 13.2 Å². The van der Waals surface area contributed by atoms with Crippen molar-refractivity contribution < 1.29 is 32.5 Å². The molecule has 0 spiro atoms. The van der Waals surface area contributed by atoms with Crippen LogP contribution < -0.4 is 9.47 Å². The number of carbonyl (C=O) groups is 1. The maximum Gasteiger partial charge on any atom is 0.454 e. The minimum absolute atomic E-state index is 0.137. The van der Waals surface area contributed by atoms with Crippen molar-refractivity contribution >= 4 is 23.5 Å². The second kappa shape index (κ2) is 9.47. The van der Waals surface area contributed by atoms with E-state index in [1.807, 2.05) is 25.1 Å². The van der Waals surface area contributed by atoms with Crippen LogP contribution in [0.3, 0.4) is 0 Å². The van der Waals surface area contributed by atoms with Gasteiger partial charge in [0.25, 0.3) is 5.78 Å². The summed E-state index contributed by atoms with van der Waals surface area (Å²) in [7, 11) is 0. The number of rotatable bonds is 7. The first-order valence-corrected chi connectivity index (χ1v) is 9.96. The Morgan fingerprint density at radius 1 is 1.13 bits per heavy atom. The molecule has 2 aromatic rings. The van der Waals surface area contributed by atoms with Gasteiger partial charge >= 0.3 is 6.18 Å². The molecule has 31 heavy (non-hydrogen) atoms. The molecule has 0 heterocycles. The van der Waals surface area contributed by atoms with Gasteiger partial charge in [-0.25, -0.2) is 0 Å². The highest BCUT2D eigenvalue weighted by atomic mass is 35.5. The zero-order valence-corrected chi connectivity index (χ0v) is 17.4. The Hall–Kier alpha value is -2.93. The molecule has 3 rings (SSSR count). The van der Waals surface area contributed by atoms with Crippen LogP contribution in [-0.4, -0.2) is 23.7 Å². The zero-order chi connectivity index (χ0) is 22.6. The lowest BCUT2D eigenvalue weighted by molar-refractivity contribution is -0.166. The summed E-state index contributed by atoms with van der Waals surface area (Å²) in [6.07, 6.45) is -3.50. The number of aliphatic hydroxyl groups is 1. The number of aliphatic hydroxyl groups excluding tert-OH is 1. The van der Waals surface area contributed by atoms with Crippen LogP contribution in [0.5, 0.6) is 11.5 Å². The molecule has 1 N–H and O–H groups in total. The minimum atomic E-state index is -5.01. The van der Waals surface area contributed by atoms with Gasteiger partial charge in [0.1, 0.15) is 12.4 Å². The third-order valence-corrected chi connectivity index (χ3v) is 5.08. The quantitative estimate of drug-likeness (QED) is 0.525. The van der Waals surface area contributed by atoms with Crippen LogP contribution in [0.25, 0.3) is 6.08 Å². The molecule has 0 atom stereocenters. The second-order valence-corrected chi connectivity index (χ2v) is 7.25. The van der Waals surface area contributed by atoms with E-state index < -0.39 is 23.3 Å². The standard InChI is InChI=1S/C23H20ClF3O4/c1-2-30-20-12-14(7-10-19(20)31-13-16-5-3-4-6-18(16)24)11-15-8-9-17(21(15)28)22(29)23(25,26)27/h3-7,10-12,28H,2,8-9,13H2,1H3/b15-11+. The Kier molecular flexibility index (Phi) is 6.95. The molecule has 0 aliphatic heterocycles. The summed E-state index contributed by atoms with van der Waals surface area (Å²) in [5.41, 5.74) is 1.06. The Bertz CT molecular complexity index is 1040. The molecule has 0 saturated heterocycles. The topological polar surface area (TPSA) is 55.8 Å². The van der Waals surface area contributed by atoms with E-state index in [0.29, 0.717) is 28.7 Å². The van der Waals surface area contributed by atoms with Crippen LogP contribution in [0.2, 0.25) is 5.02 Å². The molecule has 164 valence electrons. The summed E-state index contributed by atoms with van der Waals surface area (Å²) in [6.45, 7) is 2.41. The summed E-state index contributed by atoms with van der Waals surface area (Å²) in [6, 6.07) is 12.3. The van der Waals surface area contributed by atoms with Crippen LogP contribution >= 0.6 is 11.6 Å². The van der Waals surface area contributed by atoms with Gasteiger partial charge < -0.3 is 14.6 Å². The smallest absolute Gasteiger partial charge is 0.454 e. The molecule has 8 heteroatoms. The van der Waals surface area contributed by atoms with Gasteiger partial charge in [0.15, 0.2) is 11.5 Å². The first-order valence-electron chi connectivity index (χ1n) is 9.58. The number of hydrogen-bond acceptors (Lipinski definition) is 4. The van der Waals surface area contributed by atoms with Gasteiger partial charge in [-0.15, -0.1) is 0 Å². The summed E-state index contributed by atoms with van der Waals surface area (Å²) >= 11 is 6.15. The fourth-order valence-electron chi connectivity index (χ4n) is 3.20. The fourth-order valence-corrected chi connectivity index (χ4v) is 3.39. The maximum absolute atomic E-state index is 12.7. The van der Waals surface area contributed by atoms with E-state index in [-0.39, 0.29) is 25.0 Å². The Labute approximate surface area is 182 Å². The normalized spacial score (nSPS) is 15.5. The Balaban J connectivity index is 1.83. The predicted molar refractivity (Wildman–Crippen MR) is 111 cm³/mol. The van der Waals surface area contributed by atoms with Crippen molar-refractivity contribution in [2.75, 3.05) is 6.61 Å². The molecule has 0 unspecified atom stereocenters. The number of alkyl halides is 3. The summed E-state index contributed by atoms with van der Waals surface area (Å²) in [4.78, 5) is 11.5. The number of carbonyl (C=O) groups excluding carboxylic acids is 1. The average molecular weight is 453 g/mol. The van der Waals surface area contributed by atoms with Crippen LogP contribution in [0, 0.1) is 0 Å². The summed E-state index contributed by atoms with van der Waals surface area (Å²) in [5.74, 6) is -1.70. The van der Waals surface area contributed by atoms with E-state index in [4.69, 9.17) is 21.1 Å². The molecule has 0 amide bonds. The molecule has 0 bridgehead atoms. The van der Waals surface area contributed by atoms with Crippen molar-refractivity contribution in [3.63, 3.8) is 0 Å². The van der Waals surface area contributed by atoms with Gasteiger partial charge in [-0.05, 0) is 55.2 Å². The first-order chi connectivity index (χ1) is 14.7. The molecular weight excluding hydrogens is 433 g/mol. The number of allylic oxidation sites excluding steroid dienone is 2. The van der Waals surface area contributed by atoms with Gasteiger partial charge in [-0.3, -0.25) is 4.79 Å². The number of ketones is 1. The number of halogens is 4. The average Bonchev–Trinajstić information content (AvgIpc) is 3.07. The van der Waals surface area contributed by atoms with E-state index in [1.54, 1.807) is 24.3 Å². The second-order valence-electron chi connectivity index (χ2n) is 6.84. The lowest BCUT2D eigenvalue weighted by Crippen LogP contribution is -2.24. The fraction of sp³-hybridized carbons (Fsp3) is 0.261. The highest BCUT2D eigenvalue weighted by Gasteiger charge is 2.43. The molecule has 0 radical (unpaired) electrons. The Morgan fingerprint density at radius 2 is 1.87 bits per heavy atom. The van der Waals surface area contributed by atoms with Gasteiger partial charge in [0.05, 0.1) is 6.61 Å². The SMILES string of the molecule is CCOc1cc(/C=C2\CCC(C(=O)C(F)(F)F)=C2O)ccc1OCc1ccccc1Cl. The van der Waals surface area contributed by atoms with Gasteiger partial charge in [-0.2, -0.15) is 13.2 Å². The monoisotopic (exact) mass is 452 g/mol. The third-order valence-electron chi connectivity index (χ3n) is 4.72. The molecule has 0 fully saturated rings. The number of benzene rings is 2. The molecule has 0 saturated carbocycles. The third kappa shape index (κ3) is 5.41.